The maximum atomic E-state index is 10.7. The van der Waals surface area contributed by atoms with E-state index in [1.165, 1.54) is 24.8 Å². The normalized spacial score (nSPS) is 10.1. The van der Waals surface area contributed by atoms with Crippen molar-refractivity contribution in [3.8, 4) is 11.4 Å². The van der Waals surface area contributed by atoms with Crippen molar-refractivity contribution in [3.63, 3.8) is 0 Å². The zero-order valence-corrected chi connectivity index (χ0v) is 8.45. The van der Waals surface area contributed by atoms with Gasteiger partial charge < -0.3 is 5.11 Å². The van der Waals surface area contributed by atoms with Gasteiger partial charge in [0.15, 0.2) is 0 Å². The van der Waals surface area contributed by atoms with E-state index in [-0.39, 0.29) is 5.82 Å². The lowest BCUT2D eigenvalue weighted by atomic mass is 10.2. The fourth-order valence-corrected chi connectivity index (χ4v) is 1.23. The van der Waals surface area contributed by atoms with Crippen LogP contribution in [0, 0.1) is 6.92 Å². The molecule has 0 aliphatic heterocycles. The molecule has 0 saturated carbocycles. The van der Waals surface area contributed by atoms with Gasteiger partial charge in [-0.1, -0.05) is 0 Å². The Kier molecular flexibility index (Phi) is 2.55. The monoisotopic (exact) mass is 216 g/mol. The molecule has 2 rings (SSSR count). The summed E-state index contributed by atoms with van der Waals surface area (Å²) in [5, 5.41) is 8.79. The quantitative estimate of drug-likeness (QED) is 0.803. The summed E-state index contributed by atoms with van der Waals surface area (Å²) in [5.41, 5.74) is 1.77. The largest absolute Gasteiger partial charge is 0.475 e. The molecule has 0 aromatic carbocycles. The number of carboxylic acid groups (broad SMARTS) is 1. The molecule has 0 bridgehead atoms. The molecule has 0 fully saturated rings. The number of carbonyl (C=O) groups is 1. The van der Waals surface area contributed by atoms with Gasteiger partial charge in [-0.25, -0.2) is 14.8 Å². The third kappa shape index (κ3) is 1.85. The van der Waals surface area contributed by atoms with E-state index in [0.717, 1.165) is 5.56 Å². The summed E-state index contributed by atoms with van der Waals surface area (Å²) in [5.74, 6) is -1.41. The Morgan fingerprint density at radius 1 is 1.25 bits per heavy atom. The van der Waals surface area contributed by atoms with Gasteiger partial charge in [0.1, 0.15) is 5.69 Å². The molecule has 6 heteroatoms. The Hall–Kier alpha value is -2.37. The number of rotatable bonds is 2. The van der Waals surface area contributed by atoms with Gasteiger partial charge in [-0.05, 0) is 12.5 Å². The van der Waals surface area contributed by atoms with Crippen LogP contribution in [0.25, 0.3) is 11.4 Å². The molecule has 0 aliphatic carbocycles. The van der Waals surface area contributed by atoms with E-state index in [0.29, 0.717) is 11.4 Å². The second kappa shape index (κ2) is 4.01. The smallest absolute Gasteiger partial charge is 0.373 e. The van der Waals surface area contributed by atoms with E-state index in [9.17, 15) is 4.79 Å². The molecule has 0 amide bonds. The fraction of sp³-hybridized carbons (Fsp3) is 0.100. The van der Waals surface area contributed by atoms with Crippen molar-refractivity contribution in [2.75, 3.05) is 0 Å². The Morgan fingerprint density at radius 2 is 2.06 bits per heavy atom. The highest BCUT2D eigenvalue weighted by atomic mass is 16.4. The fourth-order valence-electron chi connectivity index (χ4n) is 1.23. The lowest BCUT2D eigenvalue weighted by molar-refractivity contribution is 0.0683. The lowest BCUT2D eigenvalue weighted by Crippen LogP contribution is -2.06. The van der Waals surface area contributed by atoms with Crippen LogP contribution in [0.2, 0.25) is 0 Å². The van der Waals surface area contributed by atoms with Gasteiger partial charge in [-0.15, -0.1) is 0 Å². The number of carboxylic acids is 1. The Bertz CT molecular complexity index is 528. The van der Waals surface area contributed by atoms with E-state index in [2.05, 4.69) is 19.9 Å². The predicted octanol–water partition coefficient (Wildman–Crippen LogP) is 0.940. The molecule has 0 saturated heterocycles. The number of hydrogen-bond acceptors (Lipinski definition) is 5. The molecule has 2 aromatic rings. The van der Waals surface area contributed by atoms with Gasteiger partial charge in [0.25, 0.3) is 0 Å². The maximum absolute atomic E-state index is 10.7. The molecule has 2 aromatic heterocycles. The standard InChI is InChI=1S/C10H8N4O2/c1-6-4-13-9(10(15)16)14-8(6)7-5-11-2-3-12-7/h2-5H,1H3,(H,15,16). The minimum atomic E-state index is -1.16. The van der Waals surface area contributed by atoms with Gasteiger partial charge in [0, 0.05) is 18.6 Å². The van der Waals surface area contributed by atoms with Crippen molar-refractivity contribution in [3.05, 3.63) is 36.2 Å². The third-order valence-electron chi connectivity index (χ3n) is 1.97. The summed E-state index contributed by atoms with van der Waals surface area (Å²) >= 11 is 0. The summed E-state index contributed by atoms with van der Waals surface area (Å²) < 4.78 is 0. The molecule has 0 aliphatic rings. The highest BCUT2D eigenvalue weighted by Crippen LogP contribution is 2.16. The maximum Gasteiger partial charge on any atom is 0.373 e. The first-order chi connectivity index (χ1) is 7.68. The van der Waals surface area contributed by atoms with Crippen molar-refractivity contribution >= 4 is 5.97 Å². The topological polar surface area (TPSA) is 88.9 Å². The first kappa shape index (κ1) is 10.2. The zero-order valence-electron chi connectivity index (χ0n) is 8.45. The van der Waals surface area contributed by atoms with Gasteiger partial charge in [0.05, 0.1) is 11.9 Å². The first-order valence-corrected chi connectivity index (χ1v) is 4.52. The molecule has 6 nitrogen and oxygen atoms in total. The Labute approximate surface area is 91.1 Å². The molecular weight excluding hydrogens is 208 g/mol. The van der Waals surface area contributed by atoms with Crippen LogP contribution in [0.1, 0.15) is 16.2 Å². The van der Waals surface area contributed by atoms with Crippen LogP contribution in [-0.2, 0) is 0 Å². The van der Waals surface area contributed by atoms with E-state index in [4.69, 9.17) is 5.11 Å². The summed E-state index contributed by atoms with van der Waals surface area (Å²) in [7, 11) is 0. The summed E-state index contributed by atoms with van der Waals surface area (Å²) in [6.45, 7) is 1.79. The van der Waals surface area contributed by atoms with Crippen molar-refractivity contribution in [2.45, 2.75) is 6.92 Å². The van der Waals surface area contributed by atoms with Crippen molar-refractivity contribution in [1.82, 2.24) is 19.9 Å². The summed E-state index contributed by atoms with van der Waals surface area (Å²) in [4.78, 5) is 26.3. The second-order valence-electron chi connectivity index (χ2n) is 3.12. The van der Waals surface area contributed by atoms with Gasteiger partial charge >= 0.3 is 5.97 Å². The van der Waals surface area contributed by atoms with Crippen molar-refractivity contribution in [2.24, 2.45) is 0 Å². The Balaban J connectivity index is 2.56. The SMILES string of the molecule is Cc1cnc(C(=O)O)nc1-c1cnccn1. The molecule has 0 spiro atoms. The average molecular weight is 216 g/mol. The predicted molar refractivity (Wildman–Crippen MR) is 54.8 cm³/mol. The third-order valence-corrected chi connectivity index (χ3v) is 1.97. The van der Waals surface area contributed by atoms with E-state index in [1.807, 2.05) is 0 Å². The van der Waals surface area contributed by atoms with Crippen molar-refractivity contribution in [1.29, 1.82) is 0 Å². The summed E-state index contributed by atoms with van der Waals surface area (Å²) in [6, 6.07) is 0. The van der Waals surface area contributed by atoms with Crippen LogP contribution in [-0.4, -0.2) is 31.0 Å². The number of aryl methyl sites for hydroxylation is 1. The van der Waals surface area contributed by atoms with Crippen LogP contribution >= 0.6 is 0 Å². The first-order valence-electron chi connectivity index (χ1n) is 4.52. The highest BCUT2D eigenvalue weighted by Gasteiger charge is 2.11. The van der Waals surface area contributed by atoms with Crippen LogP contribution < -0.4 is 0 Å². The Morgan fingerprint density at radius 3 is 2.69 bits per heavy atom. The molecule has 16 heavy (non-hydrogen) atoms. The van der Waals surface area contributed by atoms with Crippen LogP contribution in [0.15, 0.2) is 24.8 Å². The van der Waals surface area contributed by atoms with Crippen molar-refractivity contribution < 1.29 is 9.90 Å². The molecule has 1 N–H and O–H groups in total. The molecular formula is C10H8N4O2. The number of aromatic nitrogens is 4. The molecule has 0 unspecified atom stereocenters. The van der Waals surface area contributed by atoms with Crippen LogP contribution in [0.5, 0.6) is 0 Å². The molecule has 0 atom stereocenters. The van der Waals surface area contributed by atoms with Gasteiger partial charge in [-0.3, -0.25) is 9.97 Å². The average Bonchev–Trinajstić information content (AvgIpc) is 2.30. The molecule has 80 valence electrons. The van der Waals surface area contributed by atoms with Gasteiger partial charge in [-0.2, -0.15) is 0 Å². The van der Waals surface area contributed by atoms with Gasteiger partial charge in [0.2, 0.25) is 5.82 Å². The second-order valence-corrected chi connectivity index (χ2v) is 3.12. The highest BCUT2D eigenvalue weighted by molar-refractivity contribution is 5.83. The summed E-state index contributed by atoms with van der Waals surface area (Å²) in [6.07, 6.45) is 6.05. The minimum absolute atomic E-state index is 0.244. The van der Waals surface area contributed by atoms with E-state index < -0.39 is 5.97 Å². The molecule has 2 heterocycles. The van der Waals surface area contributed by atoms with Crippen LogP contribution in [0.3, 0.4) is 0 Å². The van der Waals surface area contributed by atoms with E-state index >= 15 is 0 Å². The lowest BCUT2D eigenvalue weighted by Gasteiger charge is -2.03. The number of hydrogen-bond donors (Lipinski definition) is 1. The zero-order chi connectivity index (χ0) is 11.5. The number of aromatic carboxylic acids is 1. The minimum Gasteiger partial charge on any atom is -0.475 e. The number of nitrogens with zero attached hydrogens (tertiary/aromatic N) is 4. The van der Waals surface area contributed by atoms with Crippen LogP contribution in [0.4, 0.5) is 0 Å². The van der Waals surface area contributed by atoms with E-state index in [1.54, 1.807) is 6.92 Å². The molecule has 0 radical (unpaired) electrons.